The van der Waals surface area contributed by atoms with Crippen molar-refractivity contribution in [1.82, 2.24) is 36.1 Å². The van der Waals surface area contributed by atoms with Gasteiger partial charge in [-0.1, -0.05) is 83.8 Å². The standard InChI is InChI=1S/C19H31NO2.C14H21NO2.C8H17N.C5H11NO.C5H11N.C2H6.CH6N2O2.CH3NO/c1-17(8-7-15-22)20(2)16-19-12-10-18(11-13-19)9-5-3-4-6-14-21;1-3-4-5-14(17)15(2)10-12-6-8-13(11-16)9-7-12;1-3-4-5-6-7-8-9-2;1-6-3-2-5(7)4-6;1-6-4-2-3-5-6;1-2;1-5-3-2-4;2-1-3/h7-8,14-15,18-19H,1,3-6,9-13,16H2,2H3;3-5,11-13H,1,6-10H2,2H3;3,9H,1,4-8H2,2H3;5,7H,2-4H2,1H3;2-5H2,1H3;1-2H3;2-4H,1H3;1H,(H2,2,3)/b8-7-;5-4-;;;;;;. The van der Waals surface area contributed by atoms with Gasteiger partial charge in [0.1, 0.15) is 18.9 Å². The van der Waals surface area contributed by atoms with Crippen LogP contribution in [0.15, 0.2) is 61.9 Å². The summed E-state index contributed by atoms with van der Waals surface area (Å²) in [6, 6.07) is 0. The van der Waals surface area contributed by atoms with Gasteiger partial charge in [0.15, 0.2) is 0 Å². The van der Waals surface area contributed by atoms with Gasteiger partial charge >= 0.3 is 0 Å². The predicted molar refractivity (Wildman–Crippen MR) is 294 cm³/mol. The molecule has 4 rings (SSSR count). The summed E-state index contributed by atoms with van der Waals surface area (Å²) >= 11 is 0. The topological polar surface area (TPSA) is 210 Å². The van der Waals surface area contributed by atoms with Gasteiger partial charge in [0, 0.05) is 64.4 Å². The van der Waals surface area contributed by atoms with Crippen LogP contribution in [0, 0.1) is 23.7 Å². The summed E-state index contributed by atoms with van der Waals surface area (Å²) < 4.78 is 0. The zero-order valence-corrected chi connectivity index (χ0v) is 46.1. The van der Waals surface area contributed by atoms with Gasteiger partial charge in [-0.3, -0.25) is 19.2 Å². The Balaban J connectivity index is -0.000000402. The minimum Gasteiger partial charge on any atom is -0.392 e. The number of unbranched alkanes of at least 4 members (excludes halogenated alkanes) is 6. The summed E-state index contributed by atoms with van der Waals surface area (Å²) in [7, 11) is 11.4. The number of carbonyl (C=O) groups is 5. The van der Waals surface area contributed by atoms with Crippen molar-refractivity contribution in [2.75, 3.05) is 88.2 Å². The Morgan fingerprint density at radius 3 is 1.72 bits per heavy atom. The van der Waals surface area contributed by atoms with Gasteiger partial charge in [0.25, 0.3) is 0 Å². The molecule has 0 aromatic carbocycles. The fourth-order valence-corrected chi connectivity index (χ4v) is 8.18. The van der Waals surface area contributed by atoms with Crippen LogP contribution in [-0.2, 0) is 28.8 Å². The number of aldehydes is 3. The van der Waals surface area contributed by atoms with E-state index in [1.807, 2.05) is 46.7 Å². The van der Waals surface area contributed by atoms with Crippen LogP contribution >= 0.6 is 0 Å². The molecule has 414 valence electrons. The first-order valence-corrected chi connectivity index (χ1v) is 26.3. The number of primary amides is 1. The van der Waals surface area contributed by atoms with Gasteiger partial charge in [0.2, 0.25) is 12.3 Å². The maximum atomic E-state index is 11.6. The molecule has 1 atom stereocenters. The summed E-state index contributed by atoms with van der Waals surface area (Å²) in [5.74, 6) is 2.43. The van der Waals surface area contributed by atoms with Crippen LogP contribution < -0.4 is 22.2 Å². The number of hydrogen-bond donors (Lipinski definition) is 6. The van der Waals surface area contributed by atoms with E-state index < -0.39 is 0 Å². The van der Waals surface area contributed by atoms with Crippen molar-refractivity contribution in [2.24, 2.45) is 29.4 Å². The lowest BCUT2D eigenvalue weighted by Crippen LogP contribution is -2.32. The highest BCUT2D eigenvalue weighted by Gasteiger charge is 2.23. The van der Waals surface area contributed by atoms with E-state index in [2.05, 4.69) is 64.4 Å². The molecule has 7 N–H and O–H groups in total. The molecule has 0 bridgehead atoms. The zero-order valence-electron chi connectivity index (χ0n) is 46.1. The Hall–Kier alpha value is -3.87. The van der Waals surface area contributed by atoms with Crippen LogP contribution in [0.1, 0.15) is 142 Å². The first kappa shape index (κ1) is 73.7. The maximum Gasteiger partial charge on any atom is 0.246 e. The Kier molecular flexibility index (Phi) is 59.2. The highest BCUT2D eigenvalue weighted by Crippen LogP contribution is 2.33. The molecule has 0 aromatic heterocycles. The van der Waals surface area contributed by atoms with E-state index in [0.29, 0.717) is 5.92 Å². The molecule has 2 aliphatic carbocycles. The average Bonchev–Trinajstić information content (AvgIpc) is 4.03. The number of likely N-dealkylation sites (tertiary alicyclic amines) is 2. The van der Waals surface area contributed by atoms with Crippen molar-refractivity contribution in [3.63, 3.8) is 0 Å². The molecule has 4 aliphatic rings. The van der Waals surface area contributed by atoms with Crippen LogP contribution in [0.4, 0.5) is 0 Å². The van der Waals surface area contributed by atoms with Gasteiger partial charge < -0.3 is 50.6 Å². The number of amides is 2. The van der Waals surface area contributed by atoms with Crippen molar-refractivity contribution >= 4 is 31.2 Å². The molecule has 2 amide bonds. The third-order valence-corrected chi connectivity index (χ3v) is 12.3. The Morgan fingerprint density at radius 1 is 0.761 bits per heavy atom. The Morgan fingerprint density at radius 2 is 1.31 bits per heavy atom. The number of aliphatic hydroxyl groups is 1. The normalized spacial score (nSPS) is 20.2. The summed E-state index contributed by atoms with van der Waals surface area (Å²) in [4.78, 5) is 63.9. The molecule has 0 aromatic rings. The smallest absolute Gasteiger partial charge is 0.246 e. The Labute approximate surface area is 432 Å². The van der Waals surface area contributed by atoms with Crippen LogP contribution in [0.2, 0.25) is 0 Å². The summed E-state index contributed by atoms with van der Waals surface area (Å²) in [5.41, 5.74) is 8.54. The van der Waals surface area contributed by atoms with Crippen molar-refractivity contribution in [3.8, 4) is 0 Å². The molecule has 2 aliphatic heterocycles. The number of carbonyl (C=O) groups excluding carboxylic acids is 5. The third kappa shape index (κ3) is 50.9. The van der Waals surface area contributed by atoms with E-state index in [1.165, 1.54) is 116 Å². The SMILES string of the molecule is C=C(/C=C\C=O)N(C)CC1CCC(CCCCCC=O)CC1.C=C/C=C\C(=O)N(C)CC1CCC(C=O)CC1.C=CCCCCCNC.CC.CN1CCC(O)C1.CN1CCCC1.CONNO.NC=O. The van der Waals surface area contributed by atoms with Crippen molar-refractivity contribution in [1.29, 1.82) is 0 Å². The average molecular weight is 1010 g/mol. The van der Waals surface area contributed by atoms with Gasteiger partial charge in [-0.2, -0.15) is 0 Å². The third-order valence-electron chi connectivity index (χ3n) is 12.3. The largest absolute Gasteiger partial charge is 0.392 e. The molecule has 0 radical (unpaired) electrons. The molecule has 2 heterocycles. The van der Waals surface area contributed by atoms with E-state index in [0.717, 1.165) is 114 Å². The highest BCUT2D eigenvalue weighted by atomic mass is 16.7. The minimum absolute atomic E-state index is 0.0161. The van der Waals surface area contributed by atoms with Gasteiger partial charge in [-0.05, 0) is 154 Å². The number of hydrazine groups is 1. The lowest BCUT2D eigenvalue weighted by atomic mass is 9.79. The second-order valence-corrected chi connectivity index (χ2v) is 18.3. The quantitative estimate of drug-likeness (QED) is 0.0136. The highest BCUT2D eigenvalue weighted by molar-refractivity contribution is 5.87. The second kappa shape index (κ2) is 57.0. The number of β-amino-alcohol motifs (C(OH)–C–C–N with tert-alkyl or cyclic N) is 1. The van der Waals surface area contributed by atoms with Gasteiger partial charge in [-0.15, -0.1) is 17.8 Å². The molecule has 2 saturated heterocycles. The predicted octanol–water partition coefficient (Wildman–Crippen LogP) is 7.84. The van der Waals surface area contributed by atoms with Crippen LogP contribution in [-0.4, -0.2) is 155 Å². The zero-order chi connectivity index (χ0) is 54.3. The minimum atomic E-state index is -0.0509. The molecule has 2 saturated carbocycles. The van der Waals surface area contributed by atoms with E-state index in [4.69, 9.17) is 15.1 Å². The monoisotopic (exact) mass is 1010 g/mol. The number of nitrogens with two attached hydrogens (primary N) is 1. The second-order valence-electron chi connectivity index (χ2n) is 18.3. The van der Waals surface area contributed by atoms with E-state index >= 15 is 0 Å². The van der Waals surface area contributed by atoms with Crippen LogP contribution in [0.25, 0.3) is 0 Å². The molecule has 16 nitrogen and oxygen atoms in total. The van der Waals surface area contributed by atoms with Crippen LogP contribution in [0.5, 0.6) is 0 Å². The molecular formula is C55H106N8O8. The molecule has 1 unspecified atom stereocenters. The van der Waals surface area contributed by atoms with E-state index in [9.17, 15) is 19.2 Å². The Bertz CT molecular complexity index is 1310. The molecule has 71 heavy (non-hydrogen) atoms. The maximum absolute atomic E-state index is 11.6. The first-order valence-electron chi connectivity index (χ1n) is 26.3. The fraction of sp³-hybridized carbons (Fsp3) is 0.727. The van der Waals surface area contributed by atoms with Gasteiger partial charge in [-0.25, -0.2) is 0 Å². The molecule has 4 fully saturated rings. The number of rotatable bonds is 24. The lowest BCUT2D eigenvalue weighted by Gasteiger charge is -2.32. The van der Waals surface area contributed by atoms with Crippen molar-refractivity contribution in [3.05, 3.63) is 61.9 Å². The van der Waals surface area contributed by atoms with E-state index in [-0.39, 0.29) is 24.3 Å². The summed E-state index contributed by atoms with van der Waals surface area (Å²) in [6.45, 7) is 22.7. The fourth-order valence-electron chi connectivity index (χ4n) is 8.18. The molecule has 0 spiro atoms. The van der Waals surface area contributed by atoms with E-state index in [1.54, 1.807) is 28.7 Å². The number of aliphatic hydroxyl groups excluding tert-OH is 1. The summed E-state index contributed by atoms with van der Waals surface area (Å²) in [5, 5.41) is 19.6. The van der Waals surface area contributed by atoms with Crippen molar-refractivity contribution < 1.29 is 39.1 Å². The number of nitrogens with one attached hydrogen (secondary N) is 3. The lowest BCUT2D eigenvalue weighted by molar-refractivity contribution is -0.125. The number of likely N-dealkylation sites (N-methyl/N-ethyl adjacent to an activating group) is 3. The van der Waals surface area contributed by atoms with Crippen molar-refractivity contribution in [2.45, 2.75) is 148 Å². The first-order chi connectivity index (χ1) is 34.3. The summed E-state index contributed by atoms with van der Waals surface area (Å²) in [6.07, 6.45) is 36.9. The number of nitrogens with zero attached hydrogens (tertiary/aromatic N) is 4. The number of allylic oxidation sites excluding steroid dienone is 5. The van der Waals surface area contributed by atoms with Gasteiger partial charge in [0.05, 0.1) is 13.2 Å². The van der Waals surface area contributed by atoms with Crippen LogP contribution in [0.3, 0.4) is 0 Å². The molecule has 16 heteroatoms. The molecular weight excluding hydrogens is 901 g/mol. The number of hydrogen-bond acceptors (Lipinski definition) is 14.